The summed E-state index contributed by atoms with van der Waals surface area (Å²) in [5.41, 5.74) is -0.377. The molecule has 2 N–H and O–H groups in total. The minimum Gasteiger partial charge on any atom is -0.322 e. The predicted molar refractivity (Wildman–Crippen MR) is 82.3 cm³/mol. The van der Waals surface area contributed by atoms with Gasteiger partial charge in [-0.1, -0.05) is 6.07 Å². The zero-order chi connectivity index (χ0) is 18.7. The Hall–Kier alpha value is -2.48. The standard InChI is InChI=1S/C17H15F5N2O/c1-8(11-4-3-10(18)7-13(11)20)23-9(2)17(25)24-14-6-5-12(19)15(21)16(14)22/h3-9,23H,1-2H3,(H,24,25)/t8-,9+/m1/s1. The van der Waals surface area contributed by atoms with Crippen molar-refractivity contribution >= 4 is 11.6 Å². The lowest BCUT2D eigenvalue weighted by molar-refractivity contribution is -0.118. The second-order valence-corrected chi connectivity index (χ2v) is 5.49. The molecule has 2 aromatic carbocycles. The van der Waals surface area contributed by atoms with Gasteiger partial charge in [-0.05, 0) is 32.0 Å². The number of benzene rings is 2. The average Bonchev–Trinajstić information content (AvgIpc) is 2.55. The van der Waals surface area contributed by atoms with Gasteiger partial charge in [0.05, 0.1) is 11.7 Å². The van der Waals surface area contributed by atoms with Crippen LogP contribution in [-0.2, 0) is 4.79 Å². The SMILES string of the molecule is C[C@H](N[C@H](C)c1ccc(F)cc1F)C(=O)Nc1ccc(F)c(F)c1F. The summed E-state index contributed by atoms with van der Waals surface area (Å²) in [6, 6.07) is 3.03. The van der Waals surface area contributed by atoms with Crippen LogP contribution >= 0.6 is 0 Å². The molecule has 134 valence electrons. The van der Waals surface area contributed by atoms with E-state index in [0.29, 0.717) is 6.07 Å². The Bertz CT molecular complexity index is 797. The number of halogens is 5. The molecular formula is C17H15F5N2O. The highest BCUT2D eigenvalue weighted by Gasteiger charge is 2.21. The van der Waals surface area contributed by atoms with Crippen molar-refractivity contribution in [3.05, 3.63) is 65.0 Å². The van der Waals surface area contributed by atoms with Gasteiger partial charge in [0.25, 0.3) is 0 Å². The first kappa shape index (κ1) is 18.9. The molecule has 0 saturated carbocycles. The molecule has 0 fully saturated rings. The van der Waals surface area contributed by atoms with E-state index in [-0.39, 0.29) is 5.56 Å². The lowest BCUT2D eigenvalue weighted by Gasteiger charge is -2.20. The summed E-state index contributed by atoms with van der Waals surface area (Å²) in [5.74, 6) is -6.83. The molecule has 0 heterocycles. The number of carbonyl (C=O) groups excluding carboxylic acids is 1. The maximum atomic E-state index is 13.7. The first-order chi connectivity index (χ1) is 11.7. The molecular weight excluding hydrogens is 343 g/mol. The number of rotatable bonds is 5. The van der Waals surface area contributed by atoms with Crippen molar-refractivity contribution in [2.24, 2.45) is 0 Å². The third-order valence-electron chi connectivity index (χ3n) is 3.62. The third-order valence-corrected chi connectivity index (χ3v) is 3.62. The van der Waals surface area contributed by atoms with E-state index in [1.807, 2.05) is 0 Å². The zero-order valence-corrected chi connectivity index (χ0v) is 13.3. The average molecular weight is 358 g/mol. The summed E-state index contributed by atoms with van der Waals surface area (Å²) in [5, 5.41) is 4.88. The molecule has 0 unspecified atom stereocenters. The minimum absolute atomic E-state index is 0.139. The smallest absolute Gasteiger partial charge is 0.241 e. The second-order valence-electron chi connectivity index (χ2n) is 5.49. The molecule has 0 aliphatic heterocycles. The Labute approximate surface area is 140 Å². The maximum Gasteiger partial charge on any atom is 0.241 e. The molecule has 2 rings (SSSR count). The molecule has 0 bridgehead atoms. The topological polar surface area (TPSA) is 41.1 Å². The van der Waals surface area contributed by atoms with Gasteiger partial charge >= 0.3 is 0 Å². The van der Waals surface area contributed by atoms with Crippen molar-refractivity contribution in [3.8, 4) is 0 Å². The fraction of sp³-hybridized carbons (Fsp3) is 0.235. The normalized spacial score (nSPS) is 13.4. The van der Waals surface area contributed by atoms with Gasteiger partial charge < -0.3 is 5.32 Å². The Morgan fingerprint density at radius 2 is 1.60 bits per heavy atom. The van der Waals surface area contributed by atoms with Gasteiger partial charge in [-0.3, -0.25) is 10.1 Å². The Morgan fingerprint density at radius 1 is 0.920 bits per heavy atom. The highest BCUT2D eigenvalue weighted by atomic mass is 19.2. The van der Waals surface area contributed by atoms with E-state index in [4.69, 9.17) is 0 Å². The van der Waals surface area contributed by atoms with Crippen molar-refractivity contribution in [1.29, 1.82) is 0 Å². The van der Waals surface area contributed by atoms with Crippen LogP contribution in [0.5, 0.6) is 0 Å². The van der Waals surface area contributed by atoms with E-state index in [2.05, 4.69) is 10.6 Å². The summed E-state index contributed by atoms with van der Waals surface area (Å²) in [6.07, 6.45) is 0. The number of anilines is 1. The summed E-state index contributed by atoms with van der Waals surface area (Å²) < 4.78 is 66.3. The maximum absolute atomic E-state index is 13.7. The quantitative estimate of drug-likeness (QED) is 0.625. The van der Waals surface area contributed by atoms with Crippen molar-refractivity contribution in [2.75, 3.05) is 5.32 Å². The van der Waals surface area contributed by atoms with E-state index in [9.17, 15) is 26.7 Å². The molecule has 3 nitrogen and oxygen atoms in total. The van der Waals surface area contributed by atoms with Crippen molar-refractivity contribution in [1.82, 2.24) is 5.32 Å². The van der Waals surface area contributed by atoms with Gasteiger partial charge in [-0.15, -0.1) is 0 Å². The van der Waals surface area contributed by atoms with Crippen LogP contribution in [0.15, 0.2) is 30.3 Å². The van der Waals surface area contributed by atoms with Gasteiger partial charge in [0.2, 0.25) is 5.91 Å². The van der Waals surface area contributed by atoms with Gasteiger partial charge in [0.15, 0.2) is 17.5 Å². The summed E-state index contributed by atoms with van der Waals surface area (Å²) in [6.45, 7) is 2.98. The van der Waals surface area contributed by atoms with Crippen molar-refractivity contribution in [2.45, 2.75) is 25.9 Å². The first-order valence-electron chi connectivity index (χ1n) is 7.36. The van der Waals surface area contributed by atoms with E-state index < -0.39 is 52.8 Å². The molecule has 0 aliphatic rings. The summed E-state index contributed by atoms with van der Waals surface area (Å²) in [7, 11) is 0. The summed E-state index contributed by atoms with van der Waals surface area (Å²) >= 11 is 0. The summed E-state index contributed by atoms with van der Waals surface area (Å²) in [4.78, 5) is 12.1. The predicted octanol–water partition coefficient (Wildman–Crippen LogP) is 4.06. The largest absolute Gasteiger partial charge is 0.322 e. The molecule has 1 amide bonds. The lowest BCUT2D eigenvalue weighted by Crippen LogP contribution is -2.39. The lowest BCUT2D eigenvalue weighted by atomic mass is 10.1. The Morgan fingerprint density at radius 3 is 2.24 bits per heavy atom. The number of carbonyl (C=O) groups is 1. The Balaban J connectivity index is 2.06. The van der Waals surface area contributed by atoms with E-state index in [1.165, 1.54) is 13.0 Å². The first-order valence-corrected chi connectivity index (χ1v) is 7.36. The molecule has 0 spiro atoms. The highest BCUT2D eigenvalue weighted by Crippen LogP contribution is 2.21. The molecule has 0 radical (unpaired) electrons. The van der Waals surface area contributed by atoms with Crippen LogP contribution < -0.4 is 10.6 Å². The van der Waals surface area contributed by atoms with Crippen molar-refractivity contribution in [3.63, 3.8) is 0 Å². The number of amides is 1. The molecule has 0 saturated heterocycles. The second kappa shape index (κ2) is 7.60. The van der Waals surface area contributed by atoms with Crippen LogP contribution in [0, 0.1) is 29.1 Å². The van der Waals surface area contributed by atoms with Gasteiger partial charge in [0.1, 0.15) is 11.6 Å². The van der Waals surface area contributed by atoms with Gasteiger partial charge in [-0.25, -0.2) is 22.0 Å². The minimum atomic E-state index is -1.69. The molecule has 25 heavy (non-hydrogen) atoms. The van der Waals surface area contributed by atoms with Crippen LogP contribution in [0.2, 0.25) is 0 Å². The van der Waals surface area contributed by atoms with Crippen LogP contribution in [0.1, 0.15) is 25.5 Å². The fourth-order valence-electron chi connectivity index (χ4n) is 2.26. The van der Waals surface area contributed by atoms with Crippen LogP contribution in [-0.4, -0.2) is 11.9 Å². The highest BCUT2D eigenvalue weighted by molar-refractivity contribution is 5.94. The molecule has 0 aliphatic carbocycles. The molecule has 8 heteroatoms. The monoisotopic (exact) mass is 358 g/mol. The molecule has 2 atom stereocenters. The van der Waals surface area contributed by atoms with E-state index in [1.54, 1.807) is 6.92 Å². The van der Waals surface area contributed by atoms with E-state index in [0.717, 1.165) is 18.2 Å². The van der Waals surface area contributed by atoms with Crippen molar-refractivity contribution < 1.29 is 26.7 Å². The van der Waals surface area contributed by atoms with Crippen LogP contribution in [0.3, 0.4) is 0 Å². The van der Waals surface area contributed by atoms with Crippen LogP contribution in [0.25, 0.3) is 0 Å². The Kier molecular flexibility index (Phi) is 5.73. The van der Waals surface area contributed by atoms with Crippen LogP contribution in [0.4, 0.5) is 27.6 Å². The molecule has 0 aromatic heterocycles. The fourth-order valence-corrected chi connectivity index (χ4v) is 2.26. The number of nitrogens with one attached hydrogen (secondary N) is 2. The zero-order valence-electron chi connectivity index (χ0n) is 13.3. The number of hydrogen-bond acceptors (Lipinski definition) is 2. The molecule has 2 aromatic rings. The third kappa shape index (κ3) is 4.33. The number of hydrogen-bond donors (Lipinski definition) is 2. The van der Waals surface area contributed by atoms with E-state index >= 15 is 0 Å². The van der Waals surface area contributed by atoms with Gasteiger partial charge in [0, 0.05) is 17.7 Å². The van der Waals surface area contributed by atoms with Gasteiger partial charge in [-0.2, -0.15) is 0 Å².